The van der Waals surface area contributed by atoms with Crippen molar-refractivity contribution in [1.29, 1.82) is 0 Å². The first-order valence-electron chi connectivity index (χ1n) is 5.49. The molecule has 0 fully saturated rings. The molecule has 16 heavy (non-hydrogen) atoms. The van der Waals surface area contributed by atoms with E-state index >= 15 is 0 Å². The summed E-state index contributed by atoms with van der Waals surface area (Å²) in [6.07, 6.45) is 2.87. The van der Waals surface area contributed by atoms with Gasteiger partial charge in [-0.1, -0.05) is 24.3 Å². The number of hydrogen-bond acceptors (Lipinski definition) is 2. The summed E-state index contributed by atoms with van der Waals surface area (Å²) < 4.78 is 1.81. The van der Waals surface area contributed by atoms with Crippen LogP contribution in [0.3, 0.4) is 0 Å². The number of nitrogens with two attached hydrogens (primary N) is 1. The van der Waals surface area contributed by atoms with E-state index in [2.05, 4.69) is 29.4 Å². The molecule has 1 aromatic carbocycles. The molecule has 1 aromatic heterocycles. The van der Waals surface area contributed by atoms with Crippen molar-refractivity contribution in [3.63, 3.8) is 0 Å². The quantitative estimate of drug-likeness (QED) is 0.850. The highest BCUT2D eigenvalue weighted by atomic mass is 15.2. The van der Waals surface area contributed by atoms with Crippen molar-refractivity contribution >= 4 is 0 Å². The Labute approximate surface area is 95.9 Å². The summed E-state index contributed by atoms with van der Waals surface area (Å²) >= 11 is 0. The van der Waals surface area contributed by atoms with Crippen molar-refractivity contribution in [3.8, 4) is 11.3 Å². The van der Waals surface area contributed by atoms with Crippen molar-refractivity contribution < 1.29 is 0 Å². The Morgan fingerprint density at radius 3 is 2.44 bits per heavy atom. The molecule has 1 unspecified atom stereocenters. The predicted molar refractivity (Wildman–Crippen MR) is 66.0 cm³/mol. The standard InChI is InChI=1S/C13H17N3/c1-10(14)9-11-3-5-12(6-4-11)13-7-8-16(2)15-13/h3-8,10H,9,14H2,1-2H3. The van der Waals surface area contributed by atoms with Crippen molar-refractivity contribution in [2.75, 3.05) is 0 Å². The highest BCUT2D eigenvalue weighted by molar-refractivity contribution is 5.58. The largest absolute Gasteiger partial charge is 0.328 e. The zero-order valence-electron chi connectivity index (χ0n) is 9.72. The lowest BCUT2D eigenvalue weighted by Crippen LogP contribution is -2.17. The van der Waals surface area contributed by atoms with Gasteiger partial charge in [-0.25, -0.2) is 0 Å². The van der Waals surface area contributed by atoms with E-state index in [1.165, 1.54) is 5.56 Å². The van der Waals surface area contributed by atoms with Gasteiger partial charge in [-0.2, -0.15) is 5.10 Å². The SMILES string of the molecule is CC(N)Cc1ccc(-c2ccn(C)n2)cc1. The van der Waals surface area contributed by atoms with Crippen LogP contribution in [0.15, 0.2) is 36.5 Å². The minimum atomic E-state index is 0.209. The van der Waals surface area contributed by atoms with Gasteiger partial charge in [-0.05, 0) is 25.0 Å². The minimum Gasteiger partial charge on any atom is -0.328 e. The van der Waals surface area contributed by atoms with Gasteiger partial charge < -0.3 is 5.73 Å². The molecule has 2 N–H and O–H groups in total. The van der Waals surface area contributed by atoms with Crippen LogP contribution in [-0.4, -0.2) is 15.8 Å². The van der Waals surface area contributed by atoms with Crippen molar-refractivity contribution in [1.82, 2.24) is 9.78 Å². The molecule has 0 aliphatic carbocycles. The summed E-state index contributed by atoms with van der Waals surface area (Å²) in [5.74, 6) is 0. The molecule has 3 heteroatoms. The third-order valence-electron chi connectivity index (χ3n) is 2.52. The van der Waals surface area contributed by atoms with Crippen LogP contribution in [0.1, 0.15) is 12.5 Å². The summed E-state index contributed by atoms with van der Waals surface area (Å²) in [6.45, 7) is 2.02. The van der Waals surface area contributed by atoms with Gasteiger partial charge in [0, 0.05) is 24.8 Å². The molecule has 1 heterocycles. The van der Waals surface area contributed by atoms with Gasteiger partial charge in [0.2, 0.25) is 0 Å². The summed E-state index contributed by atoms with van der Waals surface area (Å²) in [5.41, 5.74) is 9.19. The third kappa shape index (κ3) is 2.49. The lowest BCUT2D eigenvalue weighted by molar-refractivity contribution is 0.738. The van der Waals surface area contributed by atoms with Crippen LogP contribution in [0.2, 0.25) is 0 Å². The first kappa shape index (κ1) is 10.9. The van der Waals surface area contributed by atoms with Crippen LogP contribution in [0.25, 0.3) is 11.3 Å². The summed E-state index contributed by atoms with van der Waals surface area (Å²) in [6, 6.07) is 10.7. The zero-order chi connectivity index (χ0) is 11.5. The third-order valence-corrected chi connectivity index (χ3v) is 2.52. The van der Waals surface area contributed by atoms with E-state index in [4.69, 9.17) is 5.73 Å². The second-order valence-corrected chi connectivity index (χ2v) is 4.25. The molecular formula is C13H17N3. The Morgan fingerprint density at radius 1 is 1.25 bits per heavy atom. The first-order chi connectivity index (χ1) is 7.65. The molecule has 1 atom stereocenters. The maximum Gasteiger partial charge on any atom is 0.0923 e. The highest BCUT2D eigenvalue weighted by Gasteiger charge is 2.02. The zero-order valence-corrected chi connectivity index (χ0v) is 9.72. The van der Waals surface area contributed by atoms with Gasteiger partial charge in [0.1, 0.15) is 0 Å². The van der Waals surface area contributed by atoms with Crippen molar-refractivity contribution in [3.05, 3.63) is 42.1 Å². The average molecular weight is 215 g/mol. The fourth-order valence-electron chi connectivity index (χ4n) is 1.75. The van der Waals surface area contributed by atoms with Gasteiger partial charge in [-0.3, -0.25) is 4.68 Å². The van der Waals surface area contributed by atoms with E-state index in [1.807, 2.05) is 30.9 Å². The second kappa shape index (κ2) is 4.49. The number of aromatic nitrogens is 2. The predicted octanol–water partition coefficient (Wildman–Crippen LogP) is 1.98. The number of benzene rings is 1. The monoisotopic (exact) mass is 215 g/mol. The topological polar surface area (TPSA) is 43.8 Å². The van der Waals surface area contributed by atoms with Crippen LogP contribution < -0.4 is 5.73 Å². The van der Waals surface area contributed by atoms with E-state index in [-0.39, 0.29) is 6.04 Å². The number of rotatable bonds is 3. The van der Waals surface area contributed by atoms with Crippen LogP contribution >= 0.6 is 0 Å². The maximum atomic E-state index is 5.76. The molecule has 0 saturated heterocycles. The van der Waals surface area contributed by atoms with E-state index in [9.17, 15) is 0 Å². The second-order valence-electron chi connectivity index (χ2n) is 4.25. The van der Waals surface area contributed by atoms with Crippen LogP contribution in [0, 0.1) is 0 Å². The van der Waals surface area contributed by atoms with E-state index < -0.39 is 0 Å². The maximum absolute atomic E-state index is 5.76. The Balaban J connectivity index is 2.19. The van der Waals surface area contributed by atoms with Gasteiger partial charge in [0.05, 0.1) is 5.69 Å². The highest BCUT2D eigenvalue weighted by Crippen LogP contribution is 2.17. The summed E-state index contributed by atoms with van der Waals surface area (Å²) in [4.78, 5) is 0. The summed E-state index contributed by atoms with van der Waals surface area (Å²) in [7, 11) is 1.92. The summed E-state index contributed by atoms with van der Waals surface area (Å²) in [5, 5.41) is 4.36. The van der Waals surface area contributed by atoms with Gasteiger partial charge >= 0.3 is 0 Å². The van der Waals surface area contributed by atoms with E-state index in [1.54, 1.807) is 0 Å². The first-order valence-corrected chi connectivity index (χ1v) is 5.49. The normalized spacial score (nSPS) is 12.7. The molecule has 0 spiro atoms. The molecule has 0 aliphatic rings. The molecule has 2 aromatic rings. The van der Waals surface area contributed by atoms with Gasteiger partial charge in [0.25, 0.3) is 0 Å². The van der Waals surface area contributed by atoms with Crippen LogP contribution in [0.4, 0.5) is 0 Å². The minimum absolute atomic E-state index is 0.209. The molecule has 3 nitrogen and oxygen atoms in total. The lowest BCUT2D eigenvalue weighted by Gasteiger charge is -2.05. The lowest BCUT2D eigenvalue weighted by atomic mass is 10.0. The Morgan fingerprint density at radius 2 is 1.94 bits per heavy atom. The Kier molecular flexibility index (Phi) is 3.06. The Bertz CT molecular complexity index is 454. The number of nitrogens with zero attached hydrogens (tertiary/aromatic N) is 2. The molecule has 0 radical (unpaired) electrons. The van der Waals surface area contributed by atoms with Crippen molar-refractivity contribution in [2.24, 2.45) is 12.8 Å². The van der Waals surface area contributed by atoms with Crippen molar-refractivity contribution in [2.45, 2.75) is 19.4 Å². The molecule has 0 amide bonds. The smallest absolute Gasteiger partial charge is 0.0923 e. The van der Waals surface area contributed by atoms with Gasteiger partial charge in [-0.15, -0.1) is 0 Å². The molecule has 0 saturated carbocycles. The molecular weight excluding hydrogens is 198 g/mol. The Hall–Kier alpha value is -1.61. The fraction of sp³-hybridized carbons (Fsp3) is 0.308. The molecule has 2 rings (SSSR count). The van der Waals surface area contributed by atoms with E-state index in [0.717, 1.165) is 17.7 Å². The van der Waals surface area contributed by atoms with Crippen LogP contribution in [0.5, 0.6) is 0 Å². The molecule has 0 aliphatic heterocycles. The number of hydrogen-bond donors (Lipinski definition) is 1. The average Bonchev–Trinajstić information content (AvgIpc) is 2.65. The van der Waals surface area contributed by atoms with Gasteiger partial charge in [0.15, 0.2) is 0 Å². The fourth-order valence-corrected chi connectivity index (χ4v) is 1.75. The van der Waals surface area contributed by atoms with E-state index in [0.29, 0.717) is 0 Å². The molecule has 84 valence electrons. The van der Waals surface area contributed by atoms with Crippen LogP contribution in [-0.2, 0) is 13.5 Å². The molecule has 0 bridgehead atoms. The number of aryl methyl sites for hydroxylation is 1.